The fourth-order valence-corrected chi connectivity index (χ4v) is 6.16. The van der Waals surface area contributed by atoms with Gasteiger partial charge < -0.3 is 9.80 Å². The maximum atomic E-state index is 15.0. The Labute approximate surface area is 262 Å². The molecule has 1 aromatic carbocycles. The van der Waals surface area contributed by atoms with Crippen LogP contribution in [0, 0.1) is 5.82 Å². The number of aromatic nitrogens is 5. The molecule has 4 heterocycles. The molecule has 0 unspecified atom stereocenters. The van der Waals surface area contributed by atoms with Crippen LogP contribution in [0.5, 0.6) is 0 Å². The molecule has 0 saturated carbocycles. The third kappa shape index (κ3) is 5.70. The van der Waals surface area contributed by atoms with Gasteiger partial charge in [0.2, 0.25) is 5.91 Å². The Morgan fingerprint density at radius 2 is 1.64 bits per heavy atom. The molecule has 9 nitrogen and oxygen atoms in total. The lowest BCUT2D eigenvalue weighted by Gasteiger charge is -2.44. The molecule has 0 radical (unpaired) electrons. The van der Waals surface area contributed by atoms with Crippen LogP contribution in [-0.4, -0.2) is 60.5 Å². The molecule has 11 heteroatoms. The number of anilines is 1. The van der Waals surface area contributed by atoms with E-state index in [1.807, 2.05) is 46.4 Å². The van der Waals surface area contributed by atoms with Gasteiger partial charge in [-0.05, 0) is 50.0 Å². The van der Waals surface area contributed by atoms with Gasteiger partial charge in [-0.1, -0.05) is 65.4 Å². The van der Waals surface area contributed by atoms with Crippen LogP contribution in [0.4, 0.5) is 10.2 Å². The molecule has 1 saturated heterocycles. The van der Waals surface area contributed by atoms with E-state index in [0.29, 0.717) is 41.4 Å². The highest BCUT2D eigenvalue weighted by molar-refractivity contribution is 6.33. The van der Waals surface area contributed by atoms with Gasteiger partial charge in [0, 0.05) is 30.7 Å². The number of carbonyl (C=O) groups excluding carboxylic acids is 1. The molecule has 1 fully saturated rings. The van der Waals surface area contributed by atoms with Gasteiger partial charge in [0.1, 0.15) is 18.0 Å². The molecule has 44 heavy (non-hydrogen) atoms. The maximum absolute atomic E-state index is 15.0. The van der Waals surface area contributed by atoms with Crippen LogP contribution in [-0.2, 0) is 4.79 Å². The number of benzene rings is 1. The van der Waals surface area contributed by atoms with Crippen molar-refractivity contribution in [2.75, 3.05) is 18.0 Å². The first-order chi connectivity index (χ1) is 20.4. The largest absolute Gasteiger partial charge is 0.355 e. The summed E-state index contributed by atoms with van der Waals surface area (Å²) in [5.74, 6) is -0.345. The van der Waals surface area contributed by atoms with Gasteiger partial charge in [0.25, 0.3) is 0 Å². The molecule has 1 aliphatic heterocycles. The highest BCUT2D eigenvalue weighted by atomic mass is 35.5. The van der Waals surface area contributed by atoms with Crippen LogP contribution >= 0.6 is 11.6 Å². The number of piperazine rings is 1. The highest BCUT2D eigenvalue weighted by Crippen LogP contribution is 2.36. The molecule has 0 N–H and O–H groups in total. The number of halogens is 2. The number of pyridine rings is 1. The third-order valence-corrected chi connectivity index (χ3v) is 8.06. The predicted octanol–water partition coefficient (Wildman–Crippen LogP) is 6.52. The van der Waals surface area contributed by atoms with Gasteiger partial charge in [0.05, 0.1) is 33.2 Å². The SMILES string of the molecule is C.C=CC(=O)N1[C@H](C)CN(c2nc(=O)n(-c3c(C(C)C)ncnc3C(C)C)c3nc(-c4ccccc4F)c(Cl)cc23)C[C@@H]1C. The van der Waals surface area contributed by atoms with Crippen LogP contribution in [0.15, 0.2) is 54.1 Å². The Kier molecular flexibility index (Phi) is 9.53. The van der Waals surface area contributed by atoms with Crippen molar-refractivity contribution >= 4 is 34.4 Å². The molecule has 0 aliphatic carbocycles. The summed E-state index contributed by atoms with van der Waals surface area (Å²) in [5, 5.41) is 0.728. The first-order valence-corrected chi connectivity index (χ1v) is 14.7. The van der Waals surface area contributed by atoms with Gasteiger partial charge in [0.15, 0.2) is 5.65 Å². The highest BCUT2D eigenvalue weighted by Gasteiger charge is 2.34. The third-order valence-electron chi connectivity index (χ3n) is 7.77. The average molecular weight is 620 g/mol. The second-order valence-corrected chi connectivity index (χ2v) is 12.0. The fraction of sp³-hybridized carbons (Fsp3) is 0.394. The zero-order valence-electron chi connectivity index (χ0n) is 25.2. The van der Waals surface area contributed by atoms with Crippen LogP contribution in [0.2, 0.25) is 5.02 Å². The summed E-state index contributed by atoms with van der Waals surface area (Å²) in [5.41, 5.74) is 1.96. The van der Waals surface area contributed by atoms with Crippen LogP contribution in [0.25, 0.3) is 28.0 Å². The zero-order valence-corrected chi connectivity index (χ0v) is 25.9. The number of hydrogen-bond acceptors (Lipinski definition) is 7. The maximum Gasteiger partial charge on any atom is 0.355 e. The molecule has 1 aliphatic rings. The lowest BCUT2D eigenvalue weighted by molar-refractivity contribution is -0.130. The van der Waals surface area contributed by atoms with Crippen molar-refractivity contribution < 1.29 is 9.18 Å². The molecular weight excluding hydrogens is 581 g/mol. The molecule has 2 atom stereocenters. The summed E-state index contributed by atoms with van der Waals surface area (Å²) in [6.07, 6.45) is 2.82. The molecular formula is C33H39ClFN7O2. The van der Waals surface area contributed by atoms with Gasteiger partial charge in [-0.15, -0.1) is 0 Å². The summed E-state index contributed by atoms with van der Waals surface area (Å²) >= 11 is 6.81. The molecule has 0 bridgehead atoms. The lowest BCUT2D eigenvalue weighted by Crippen LogP contribution is -2.58. The standard InChI is InChI=1S/C32H35ClFN7O2.CH4/c1-8-25(42)40-19(6)14-39(15-20(40)7)30-22-13-23(33)28(21-11-9-10-12-24(21)34)37-31(22)41(32(43)38-30)29-26(17(2)3)35-16-36-27(29)18(4)5;/h8-13,16-20H,1,14-15H2,2-7H3;1H4/t19-,20+;. The van der Waals surface area contributed by atoms with Gasteiger partial charge in [-0.25, -0.2) is 28.7 Å². The van der Waals surface area contributed by atoms with E-state index in [0.717, 1.165) is 0 Å². The number of rotatable bonds is 6. The van der Waals surface area contributed by atoms with Gasteiger partial charge in [-0.3, -0.25) is 4.79 Å². The number of hydrogen-bond donors (Lipinski definition) is 0. The number of carbonyl (C=O) groups is 1. The minimum absolute atomic E-state index is 0. The van der Waals surface area contributed by atoms with Gasteiger partial charge in [-0.2, -0.15) is 4.98 Å². The van der Waals surface area contributed by atoms with E-state index in [1.165, 1.54) is 23.0 Å². The monoisotopic (exact) mass is 619 g/mol. The smallest absolute Gasteiger partial charge is 0.352 e. The number of fused-ring (bicyclic) bond motifs is 1. The van der Waals surface area contributed by atoms with E-state index in [4.69, 9.17) is 16.6 Å². The Bertz CT molecular complexity index is 1750. The van der Waals surface area contributed by atoms with E-state index in [9.17, 15) is 9.59 Å². The predicted molar refractivity (Wildman–Crippen MR) is 174 cm³/mol. The zero-order chi connectivity index (χ0) is 31.2. The van der Waals surface area contributed by atoms with E-state index >= 15 is 4.39 Å². The summed E-state index contributed by atoms with van der Waals surface area (Å²) in [7, 11) is 0. The fourth-order valence-electron chi connectivity index (χ4n) is 5.91. The molecule has 5 rings (SSSR count). The first kappa shape index (κ1) is 32.7. The van der Waals surface area contributed by atoms with Crippen LogP contribution < -0.4 is 10.6 Å². The molecule has 0 spiro atoms. The molecule has 232 valence electrons. The lowest BCUT2D eigenvalue weighted by atomic mass is 10.0. The number of amides is 1. The van der Waals surface area contributed by atoms with Crippen LogP contribution in [0.3, 0.4) is 0 Å². The molecule has 1 amide bonds. The Morgan fingerprint density at radius 3 is 2.18 bits per heavy atom. The van der Waals surface area contributed by atoms with Gasteiger partial charge >= 0.3 is 5.69 Å². The molecule has 3 aromatic heterocycles. The van der Waals surface area contributed by atoms with Crippen molar-refractivity contribution in [2.24, 2.45) is 0 Å². The number of nitrogens with zero attached hydrogens (tertiary/aromatic N) is 7. The average Bonchev–Trinajstić information content (AvgIpc) is 2.96. The Hall–Kier alpha value is -4.18. The van der Waals surface area contributed by atoms with Crippen molar-refractivity contribution in [3.8, 4) is 16.9 Å². The topological polar surface area (TPSA) is 97.1 Å². The molecule has 4 aromatic rings. The summed E-state index contributed by atoms with van der Waals surface area (Å²) in [6, 6.07) is 7.56. The minimum Gasteiger partial charge on any atom is -0.352 e. The van der Waals surface area contributed by atoms with Crippen molar-refractivity contribution in [1.82, 2.24) is 29.4 Å². The Balaban J connectivity index is 0.00000442. The summed E-state index contributed by atoms with van der Waals surface area (Å²) in [4.78, 5) is 49.1. The second kappa shape index (κ2) is 12.8. The quantitative estimate of drug-likeness (QED) is 0.227. The minimum atomic E-state index is -0.569. The van der Waals surface area contributed by atoms with E-state index in [-0.39, 0.29) is 59.2 Å². The van der Waals surface area contributed by atoms with Crippen molar-refractivity contribution in [3.05, 3.63) is 82.0 Å². The summed E-state index contributed by atoms with van der Waals surface area (Å²) in [6.45, 7) is 16.3. The Morgan fingerprint density at radius 1 is 1.05 bits per heavy atom. The second-order valence-electron chi connectivity index (χ2n) is 11.6. The van der Waals surface area contributed by atoms with E-state index in [1.54, 1.807) is 29.2 Å². The van der Waals surface area contributed by atoms with Crippen LogP contribution in [0.1, 0.15) is 72.2 Å². The van der Waals surface area contributed by atoms with Crippen molar-refractivity contribution in [1.29, 1.82) is 0 Å². The normalized spacial score (nSPS) is 16.9. The summed E-state index contributed by atoms with van der Waals surface area (Å²) < 4.78 is 16.5. The van der Waals surface area contributed by atoms with Crippen molar-refractivity contribution in [3.63, 3.8) is 0 Å². The van der Waals surface area contributed by atoms with E-state index in [2.05, 4.69) is 21.5 Å². The van der Waals surface area contributed by atoms with E-state index < -0.39 is 11.5 Å². The van der Waals surface area contributed by atoms with Crippen molar-refractivity contribution in [2.45, 2.75) is 72.9 Å². The first-order valence-electron chi connectivity index (χ1n) is 14.4.